The molecule has 0 bridgehead atoms. The molecule has 1 aliphatic carbocycles. The van der Waals surface area contributed by atoms with Gasteiger partial charge in [-0.2, -0.15) is 0 Å². The molecule has 0 unspecified atom stereocenters. The van der Waals surface area contributed by atoms with Gasteiger partial charge in [-0.25, -0.2) is 14.2 Å². The van der Waals surface area contributed by atoms with Crippen molar-refractivity contribution in [1.82, 2.24) is 0 Å². The molecule has 0 amide bonds. The topological polar surface area (TPSA) is 87.0 Å². The summed E-state index contributed by atoms with van der Waals surface area (Å²) in [7, 11) is 0. The summed E-state index contributed by atoms with van der Waals surface area (Å²) in [6.07, 6.45) is 0. The van der Waals surface area contributed by atoms with Crippen LogP contribution < -0.4 is 0 Å². The van der Waals surface area contributed by atoms with E-state index in [1.54, 1.807) is 12.1 Å². The zero-order valence-corrected chi connectivity index (χ0v) is 12.7. The Kier molecular flexibility index (Phi) is 3.91. The maximum absolute atomic E-state index is 13.9. The maximum Gasteiger partial charge on any atom is 0.341 e. The molecule has 0 aromatic heterocycles. The molecule has 2 aromatic carbocycles. The van der Waals surface area contributed by atoms with Crippen molar-refractivity contribution in [2.24, 2.45) is 4.99 Å². The number of Topliss-reactive ketones (excluding diaryl/α,β-unsaturated/α-hetero) is 1. The van der Waals surface area contributed by atoms with Crippen LogP contribution in [-0.2, 0) is 4.79 Å². The van der Waals surface area contributed by atoms with E-state index in [4.69, 9.17) is 11.6 Å². The highest BCUT2D eigenvalue weighted by Gasteiger charge is 2.35. The van der Waals surface area contributed by atoms with Crippen LogP contribution in [0.4, 0.5) is 10.1 Å². The minimum atomic E-state index is -1.54. The van der Waals surface area contributed by atoms with E-state index in [1.165, 1.54) is 24.3 Å². The minimum absolute atomic E-state index is 0.0909. The minimum Gasteiger partial charge on any atom is -0.506 e. The lowest BCUT2D eigenvalue weighted by Crippen LogP contribution is -2.28. The molecular formula is C17H9ClFNO4. The van der Waals surface area contributed by atoms with Gasteiger partial charge in [0.15, 0.2) is 0 Å². The third-order valence-electron chi connectivity index (χ3n) is 3.47. The first-order valence-electron chi connectivity index (χ1n) is 6.75. The normalized spacial score (nSPS) is 15.6. The van der Waals surface area contributed by atoms with Gasteiger partial charge < -0.3 is 10.2 Å². The number of halogens is 2. The van der Waals surface area contributed by atoms with E-state index in [-0.39, 0.29) is 21.8 Å². The van der Waals surface area contributed by atoms with E-state index in [9.17, 15) is 24.2 Å². The highest BCUT2D eigenvalue weighted by molar-refractivity contribution is 6.59. The molecule has 0 heterocycles. The summed E-state index contributed by atoms with van der Waals surface area (Å²) in [5.74, 6) is -3.66. The summed E-state index contributed by atoms with van der Waals surface area (Å²) in [5, 5.41) is 19.7. The summed E-state index contributed by atoms with van der Waals surface area (Å²) >= 11 is 5.66. The molecule has 0 saturated carbocycles. The van der Waals surface area contributed by atoms with E-state index in [0.717, 1.165) is 6.07 Å². The Bertz CT molecular complexity index is 949. The lowest BCUT2D eigenvalue weighted by atomic mass is 9.87. The van der Waals surface area contributed by atoms with Crippen LogP contribution in [0.25, 0.3) is 5.76 Å². The van der Waals surface area contributed by atoms with Gasteiger partial charge in [0.25, 0.3) is 0 Å². The fraction of sp³-hybridized carbons (Fsp3) is 0. The number of aliphatic hydroxyl groups is 1. The smallest absolute Gasteiger partial charge is 0.341 e. The van der Waals surface area contributed by atoms with Gasteiger partial charge in [-0.05, 0) is 18.2 Å². The van der Waals surface area contributed by atoms with Crippen LogP contribution in [0, 0.1) is 5.82 Å². The van der Waals surface area contributed by atoms with Crippen molar-refractivity contribution in [2.75, 3.05) is 0 Å². The first-order chi connectivity index (χ1) is 11.4. The second kappa shape index (κ2) is 5.90. The number of carbonyl (C=O) groups is 2. The van der Waals surface area contributed by atoms with Gasteiger partial charge in [0.05, 0.1) is 5.69 Å². The maximum atomic E-state index is 13.9. The molecule has 7 heteroatoms. The first-order valence-corrected chi connectivity index (χ1v) is 7.12. The van der Waals surface area contributed by atoms with Crippen molar-refractivity contribution in [3.8, 4) is 0 Å². The molecule has 0 atom stereocenters. The first kappa shape index (κ1) is 15.9. The van der Waals surface area contributed by atoms with Crippen molar-refractivity contribution in [1.29, 1.82) is 0 Å². The number of carboxylic acids is 1. The molecule has 0 radical (unpaired) electrons. The highest BCUT2D eigenvalue weighted by Crippen LogP contribution is 2.31. The number of nitrogens with zero attached hydrogens (tertiary/aromatic N) is 1. The van der Waals surface area contributed by atoms with Crippen LogP contribution in [0.5, 0.6) is 0 Å². The number of carboxylic acid groups (broad SMARTS) is 1. The Morgan fingerprint density at radius 3 is 2.42 bits per heavy atom. The van der Waals surface area contributed by atoms with Crippen molar-refractivity contribution < 1.29 is 24.2 Å². The molecule has 0 saturated heterocycles. The molecule has 2 N–H and O–H groups in total. The SMILES string of the molecule is O=C(O)C1=C(O)c2ccccc2C(=O)C1=Nc1ccc(Cl)cc1F. The zero-order valence-electron chi connectivity index (χ0n) is 12.0. The molecule has 3 rings (SSSR count). The lowest BCUT2D eigenvalue weighted by molar-refractivity contribution is -0.132. The molecule has 0 fully saturated rings. The van der Waals surface area contributed by atoms with E-state index >= 15 is 0 Å². The molecule has 0 spiro atoms. The van der Waals surface area contributed by atoms with Crippen LogP contribution in [0.1, 0.15) is 15.9 Å². The van der Waals surface area contributed by atoms with Crippen LogP contribution in [0.2, 0.25) is 5.02 Å². The summed E-state index contributed by atoms with van der Waals surface area (Å²) in [6.45, 7) is 0. The highest BCUT2D eigenvalue weighted by atomic mass is 35.5. The van der Waals surface area contributed by atoms with Crippen LogP contribution >= 0.6 is 11.6 Å². The van der Waals surface area contributed by atoms with Gasteiger partial charge in [0.2, 0.25) is 5.78 Å². The zero-order chi connectivity index (χ0) is 17.4. The molecular weight excluding hydrogens is 337 g/mol. The summed E-state index contributed by atoms with van der Waals surface area (Å²) < 4.78 is 13.9. The molecule has 5 nitrogen and oxygen atoms in total. The van der Waals surface area contributed by atoms with Crippen molar-refractivity contribution in [3.05, 3.63) is 70.0 Å². The molecule has 1 aliphatic rings. The number of aliphatic imine (C=N–C) groups is 1. The third kappa shape index (κ3) is 2.57. The Labute approximate surface area is 140 Å². The molecule has 24 heavy (non-hydrogen) atoms. The number of fused-ring (bicyclic) bond motifs is 1. The van der Waals surface area contributed by atoms with Crippen LogP contribution in [0.15, 0.2) is 53.0 Å². The van der Waals surface area contributed by atoms with E-state index in [1.807, 2.05) is 0 Å². The van der Waals surface area contributed by atoms with Gasteiger partial charge >= 0.3 is 5.97 Å². The lowest BCUT2D eigenvalue weighted by Gasteiger charge is -2.18. The number of aliphatic hydroxyl groups excluding tert-OH is 1. The Morgan fingerprint density at radius 1 is 1.12 bits per heavy atom. The van der Waals surface area contributed by atoms with Crippen molar-refractivity contribution in [3.63, 3.8) is 0 Å². The fourth-order valence-electron chi connectivity index (χ4n) is 2.38. The van der Waals surface area contributed by atoms with Crippen molar-refractivity contribution >= 4 is 40.5 Å². The average Bonchev–Trinajstić information content (AvgIpc) is 2.54. The Morgan fingerprint density at radius 2 is 1.79 bits per heavy atom. The predicted molar refractivity (Wildman–Crippen MR) is 86.5 cm³/mol. The summed E-state index contributed by atoms with van der Waals surface area (Å²) in [5.41, 5.74) is -1.29. The number of hydrogen-bond acceptors (Lipinski definition) is 4. The summed E-state index contributed by atoms with van der Waals surface area (Å²) in [4.78, 5) is 27.9. The van der Waals surface area contributed by atoms with Crippen LogP contribution in [-0.4, -0.2) is 27.7 Å². The van der Waals surface area contributed by atoms with Gasteiger partial charge in [-0.15, -0.1) is 0 Å². The number of ketones is 1. The predicted octanol–water partition coefficient (Wildman–Crippen LogP) is 3.80. The third-order valence-corrected chi connectivity index (χ3v) is 3.71. The van der Waals surface area contributed by atoms with Gasteiger partial charge in [-0.3, -0.25) is 4.79 Å². The van der Waals surface area contributed by atoms with E-state index in [0.29, 0.717) is 0 Å². The van der Waals surface area contributed by atoms with Gasteiger partial charge in [0, 0.05) is 16.1 Å². The molecule has 0 aliphatic heterocycles. The molecule has 120 valence electrons. The standard InChI is InChI=1S/C17H9ClFNO4/c18-8-5-6-12(11(19)7-8)20-14-13(17(23)24)15(21)9-3-1-2-4-10(9)16(14)22/h1-7,21H,(H,23,24). The monoisotopic (exact) mass is 345 g/mol. The van der Waals surface area contributed by atoms with Gasteiger partial charge in [0.1, 0.15) is 22.9 Å². The average molecular weight is 346 g/mol. The summed E-state index contributed by atoms with van der Waals surface area (Å²) in [6, 6.07) is 9.54. The van der Waals surface area contributed by atoms with Crippen LogP contribution in [0.3, 0.4) is 0 Å². The number of hydrogen-bond donors (Lipinski definition) is 2. The van der Waals surface area contributed by atoms with E-state index < -0.39 is 34.6 Å². The Hall–Kier alpha value is -2.99. The quantitative estimate of drug-likeness (QED) is 0.866. The number of rotatable bonds is 2. The number of benzene rings is 2. The largest absolute Gasteiger partial charge is 0.506 e. The fourth-order valence-corrected chi connectivity index (χ4v) is 2.54. The number of carbonyl (C=O) groups excluding carboxylic acids is 1. The number of aliphatic carboxylic acids is 1. The van der Waals surface area contributed by atoms with E-state index in [2.05, 4.69) is 4.99 Å². The molecule has 2 aromatic rings. The van der Waals surface area contributed by atoms with Crippen molar-refractivity contribution in [2.45, 2.75) is 0 Å². The second-order valence-corrected chi connectivity index (χ2v) is 5.40. The second-order valence-electron chi connectivity index (χ2n) is 4.96. The Balaban J connectivity index is 2.27. The van der Waals surface area contributed by atoms with Gasteiger partial charge in [-0.1, -0.05) is 35.9 Å².